The van der Waals surface area contributed by atoms with Crippen LogP contribution in [0.2, 0.25) is 0 Å². The van der Waals surface area contributed by atoms with Crippen LogP contribution in [0.25, 0.3) is 28.7 Å². The monoisotopic (exact) mass is 364 g/mol. The summed E-state index contributed by atoms with van der Waals surface area (Å²) in [6.07, 6.45) is 0. The Kier molecular flexibility index (Phi) is 4.15. The molecule has 2 aromatic carbocycles. The van der Waals surface area contributed by atoms with E-state index in [1.807, 2.05) is 24.3 Å². The van der Waals surface area contributed by atoms with Crippen LogP contribution in [0.4, 0.5) is 10.2 Å². The Balaban J connectivity index is 1.65. The van der Waals surface area contributed by atoms with Crippen LogP contribution < -0.4 is 5.73 Å². The van der Waals surface area contributed by atoms with Gasteiger partial charge in [0, 0.05) is 5.56 Å². The van der Waals surface area contributed by atoms with Gasteiger partial charge in [-0.05, 0) is 47.9 Å². The van der Waals surface area contributed by atoms with Crippen LogP contribution in [-0.4, -0.2) is 25.1 Å². The van der Waals surface area contributed by atoms with Crippen molar-refractivity contribution in [2.24, 2.45) is 0 Å². The fourth-order valence-corrected chi connectivity index (χ4v) is 2.67. The Morgan fingerprint density at radius 3 is 2.41 bits per heavy atom. The van der Waals surface area contributed by atoms with Crippen molar-refractivity contribution in [3.63, 3.8) is 0 Å². The molecule has 0 amide bonds. The van der Waals surface area contributed by atoms with E-state index in [9.17, 15) is 4.39 Å². The van der Waals surface area contributed by atoms with Crippen molar-refractivity contribution in [3.8, 4) is 28.7 Å². The van der Waals surface area contributed by atoms with Gasteiger partial charge in [-0.1, -0.05) is 36.4 Å². The van der Waals surface area contributed by atoms with Crippen molar-refractivity contribution in [2.45, 2.75) is 19.8 Å². The van der Waals surface area contributed by atoms with Crippen LogP contribution in [0.1, 0.15) is 25.3 Å². The van der Waals surface area contributed by atoms with Crippen molar-refractivity contribution >= 4 is 5.82 Å². The van der Waals surface area contributed by atoms with Gasteiger partial charge in [-0.3, -0.25) is 0 Å². The Morgan fingerprint density at radius 2 is 1.74 bits per heavy atom. The maximum absolute atomic E-state index is 13.1. The summed E-state index contributed by atoms with van der Waals surface area (Å²) >= 11 is 0. The van der Waals surface area contributed by atoms with Gasteiger partial charge in [0.1, 0.15) is 5.82 Å². The summed E-state index contributed by atoms with van der Waals surface area (Å²) in [5.74, 6) is 0.864. The van der Waals surface area contributed by atoms with Crippen molar-refractivity contribution in [1.82, 2.24) is 25.1 Å². The van der Waals surface area contributed by atoms with Gasteiger partial charge in [0.25, 0.3) is 5.89 Å². The zero-order chi connectivity index (χ0) is 19.0. The van der Waals surface area contributed by atoms with Crippen molar-refractivity contribution < 1.29 is 8.91 Å². The lowest BCUT2D eigenvalue weighted by Crippen LogP contribution is -2.02. The van der Waals surface area contributed by atoms with Crippen LogP contribution in [-0.2, 0) is 0 Å². The maximum Gasteiger partial charge on any atom is 0.282 e. The van der Waals surface area contributed by atoms with Crippen LogP contribution >= 0.6 is 0 Å². The molecule has 0 fully saturated rings. The minimum atomic E-state index is -0.335. The number of rotatable bonds is 4. The molecule has 0 atom stereocenters. The van der Waals surface area contributed by atoms with E-state index in [2.05, 4.69) is 34.3 Å². The molecule has 0 aliphatic rings. The molecular formula is C19H17FN6O. The van der Waals surface area contributed by atoms with E-state index in [0.717, 1.165) is 5.69 Å². The summed E-state index contributed by atoms with van der Waals surface area (Å²) in [6, 6.07) is 13.7. The number of hydrogen-bond donors (Lipinski definition) is 1. The number of hydrogen-bond acceptors (Lipinski definition) is 6. The molecule has 0 saturated carbocycles. The summed E-state index contributed by atoms with van der Waals surface area (Å²) in [6.45, 7) is 4.26. The van der Waals surface area contributed by atoms with Gasteiger partial charge in [0.2, 0.25) is 5.82 Å². The third-order valence-electron chi connectivity index (χ3n) is 4.24. The second kappa shape index (κ2) is 6.64. The Morgan fingerprint density at radius 1 is 1.04 bits per heavy atom. The van der Waals surface area contributed by atoms with Gasteiger partial charge in [-0.2, -0.15) is 9.67 Å². The van der Waals surface area contributed by atoms with E-state index in [-0.39, 0.29) is 11.7 Å². The quantitative estimate of drug-likeness (QED) is 0.591. The first-order chi connectivity index (χ1) is 13.0. The molecule has 0 bridgehead atoms. The fraction of sp³-hybridized carbons (Fsp3) is 0.158. The Hall–Kier alpha value is -3.55. The fourth-order valence-electron chi connectivity index (χ4n) is 2.67. The number of nitrogens with two attached hydrogens (primary N) is 1. The normalized spacial score (nSPS) is 11.3. The second-order valence-electron chi connectivity index (χ2n) is 6.41. The highest BCUT2D eigenvalue weighted by atomic mass is 19.1. The lowest BCUT2D eigenvalue weighted by molar-refractivity contribution is 0.431. The number of nitrogens with zero attached hydrogens (tertiary/aromatic N) is 5. The molecular weight excluding hydrogens is 347 g/mol. The van der Waals surface area contributed by atoms with Gasteiger partial charge in [0.05, 0.1) is 5.69 Å². The molecule has 0 radical (unpaired) electrons. The smallest absolute Gasteiger partial charge is 0.282 e. The third kappa shape index (κ3) is 3.17. The standard InChI is InChI=1S/C19H17FN6O/c1-11(2)12-5-9-15(10-6-12)26-17(21)16(23-25-26)19-22-18(24-27-19)13-3-7-14(20)8-4-13/h3-11H,21H2,1-2H3. The van der Waals surface area contributed by atoms with E-state index < -0.39 is 0 Å². The van der Waals surface area contributed by atoms with Crippen LogP contribution in [0.15, 0.2) is 53.1 Å². The van der Waals surface area contributed by atoms with Crippen LogP contribution in [0.5, 0.6) is 0 Å². The molecule has 4 rings (SSSR count). The van der Waals surface area contributed by atoms with Crippen LogP contribution in [0, 0.1) is 5.82 Å². The largest absolute Gasteiger partial charge is 0.382 e. The first-order valence-electron chi connectivity index (χ1n) is 8.44. The SMILES string of the molecule is CC(C)c1ccc(-n2nnc(-c3nc(-c4ccc(F)cc4)no3)c2N)cc1. The predicted octanol–water partition coefficient (Wildman–Crippen LogP) is 3.83. The molecule has 0 unspecified atom stereocenters. The highest BCUT2D eigenvalue weighted by Gasteiger charge is 2.20. The maximum atomic E-state index is 13.1. The Bertz CT molecular complexity index is 1070. The molecule has 136 valence electrons. The highest BCUT2D eigenvalue weighted by molar-refractivity contribution is 5.66. The molecule has 0 saturated heterocycles. The predicted molar refractivity (Wildman–Crippen MR) is 98.5 cm³/mol. The molecule has 0 aliphatic heterocycles. The van der Waals surface area contributed by atoms with E-state index in [4.69, 9.17) is 10.3 Å². The van der Waals surface area contributed by atoms with E-state index >= 15 is 0 Å². The molecule has 0 aliphatic carbocycles. The van der Waals surface area contributed by atoms with Crippen LogP contribution in [0.3, 0.4) is 0 Å². The van der Waals surface area contributed by atoms with Crippen molar-refractivity contribution in [3.05, 3.63) is 59.9 Å². The molecule has 2 N–H and O–H groups in total. The topological polar surface area (TPSA) is 95.6 Å². The first kappa shape index (κ1) is 16.9. The Labute approximate surface area is 154 Å². The lowest BCUT2D eigenvalue weighted by Gasteiger charge is -2.07. The van der Waals surface area contributed by atoms with Gasteiger partial charge < -0.3 is 10.3 Å². The van der Waals surface area contributed by atoms with E-state index in [1.54, 1.807) is 12.1 Å². The summed E-state index contributed by atoms with van der Waals surface area (Å²) in [7, 11) is 0. The van der Waals surface area contributed by atoms with Gasteiger partial charge in [0.15, 0.2) is 11.5 Å². The average molecular weight is 364 g/mol. The number of benzene rings is 2. The molecule has 2 heterocycles. The second-order valence-corrected chi connectivity index (χ2v) is 6.41. The minimum Gasteiger partial charge on any atom is -0.382 e. The van der Waals surface area contributed by atoms with E-state index in [0.29, 0.717) is 28.8 Å². The van der Waals surface area contributed by atoms with E-state index in [1.165, 1.54) is 22.4 Å². The molecule has 27 heavy (non-hydrogen) atoms. The summed E-state index contributed by atoms with van der Waals surface area (Å²) in [5, 5.41) is 12.1. The number of aromatic nitrogens is 5. The van der Waals surface area contributed by atoms with Gasteiger partial charge >= 0.3 is 0 Å². The molecule has 2 aromatic heterocycles. The molecule has 4 aromatic rings. The van der Waals surface area contributed by atoms with Crippen molar-refractivity contribution in [1.29, 1.82) is 0 Å². The molecule has 7 nitrogen and oxygen atoms in total. The van der Waals surface area contributed by atoms with Gasteiger partial charge in [-0.25, -0.2) is 4.39 Å². The molecule has 0 spiro atoms. The number of nitrogen functional groups attached to an aromatic ring is 1. The zero-order valence-electron chi connectivity index (χ0n) is 14.8. The summed E-state index contributed by atoms with van der Waals surface area (Å²) < 4.78 is 19.8. The summed E-state index contributed by atoms with van der Waals surface area (Å²) in [5.41, 5.74) is 9.12. The minimum absolute atomic E-state index is 0.150. The van der Waals surface area contributed by atoms with Gasteiger partial charge in [-0.15, -0.1) is 5.10 Å². The summed E-state index contributed by atoms with van der Waals surface area (Å²) in [4.78, 5) is 4.29. The highest BCUT2D eigenvalue weighted by Crippen LogP contribution is 2.27. The third-order valence-corrected chi connectivity index (χ3v) is 4.24. The van der Waals surface area contributed by atoms with Crippen molar-refractivity contribution in [2.75, 3.05) is 5.73 Å². The zero-order valence-corrected chi connectivity index (χ0v) is 14.8. The lowest BCUT2D eigenvalue weighted by atomic mass is 10.0. The number of anilines is 1. The molecule has 8 heteroatoms. The average Bonchev–Trinajstić information content (AvgIpc) is 3.29. The number of halogens is 1. The first-order valence-corrected chi connectivity index (χ1v) is 8.44.